The van der Waals surface area contributed by atoms with E-state index in [1.165, 1.54) is 33.0 Å². The Morgan fingerprint density at radius 2 is 1.62 bits per heavy atom. The van der Waals surface area contributed by atoms with E-state index in [2.05, 4.69) is 55.2 Å². The van der Waals surface area contributed by atoms with Crippen LogP contribution in [0.3, 0.4) is 0 Å². The average molecular weight is 273 g/mol. The Morgan fingerprint density at radius 3 is 2.43 bits per heavy atom. The monoisotopic (exact) mass is 273 g/mol. The lowest BCUT2D eigenvalue weighted by atomic mass is 10.0. The number of nitrogens with zero attached hydrogens (tertiary/aromatic N) is 1. The fraction of sp³-hybridized carbons (Fsp3) is 0.105. The van der Waals surface area contributed by atoms with Gasteiger partial charge in [-0.15, -0.1) is 0 Å². The zero-order chi connectivity index (χ0) is 14.4. The van der Waals surface area contributed by atoms with Gasteiger partial charge in [0.15, 0.2) is 0 Å². The van der Waals surface area contributed by atoms with Gasteiger partial charge in [-0.3, -0.25) is 4.98 Å². The van der Waals surface area contributed by atoms with E-state index >= 15 is 0 Å². The minimum absolute atomic E-state index is 0.936. The number of hydrogen-bond acceptors (Lipinski definition) is 2. The Kier molecular flexibility index (Phi) is 2.58. The Hall–Kier alpha value is -2.61. The maximum atomic E-state index is 5.92. The van der Waals surface area contributed by atoms with Gasteiger partial charge in [-0.25, -0.2) is 0 Å². The minimum Gasteiger partial charge on any atom is -0.456 e. The Labute approximate surface area is 123 Å². The van der Waals surface area contributed by atoms with Crippen molar-refractivity contribution >= 4 is 21.9 Å². The summed E-state index contributed by atoms with van der Waals surface area (Å²) in [4.78, 5) is 4.17. The molecule has 0 unspecified atom stereocenters. The molecular formula is C19H15NO. The van der Waals surface area contributed by atoms with Gasteiger partial charge in [0.2, 0.25) is 0 Å². The second kappa shape index (κ2) is 4.45. The molecule has 102 valence electrons. The number of benzene rings is 2. The van der Waals surface area contributed by atoms with E-state index in [-0.39, 0.29) is 0 Å². The van der Waals surface area contributed by atoms with Gasteiger partial charge in [0, 0.05) is 23.2 Å². The standard InChI is InChI=1S/C19H15NO/c1-12-3-5-18-16(9-12)17-10-14(4-6-19(17)21-18)15-7-8-20-11-13(15)2/h3-11H,1-2H3. The van der Waals surface area contributed by atoms with Gasteiger partial charge in [-0.1, -0.05) is 17.7 Å². The van der Waals surface area contributed by atoms with Crippen molar-refractivity contribution in [3.63, 3.8) is 0 Å². The molecule has 2 heteroatoms. The average Bonchev–Trinajstić information content (AvgIpc) is 2.85. The third-order valence-corrected chi connectivity index (χ3v) is 3.96. The van der Waals surface area contributed by atoms with Crippen molar-refractivity contribution < 1.29 is 4.42 Å². The molecule has 21 heavy (non-hydrogen) atoms. The van der Waals surface area contributed by atoms with Crippen LogP contribution in [0.4, 0.5) is 0 Å². The number of aromatic nitrogens is 1. The largest absolute Gasteiger partial charge is 0.456 e. The summed E-state index contributed by atoms with van der Waals surface area (Å²) in [6.45, 7) is 4.19. The molecular weight excluding hydrogens is 258 g/mol. The molecule has 0 N–H and O–H groups in total. The highest BCUT2D eigenvalue weighted by Gasteiger charge is 2.09. The summed E-state index contributed by atoms with van der Waals surface area (Å²) < 4.78 is 5.92. The molecule has 0 fully saturated rings. The molecule has 0 spiro atoms. The number of aryl methyl sites for hydroxylation is 2. The molecule has 0 saturated heterocycles. The smallest absolute Gasteiger partial charge is 0.135 e. The van der Waals surface area contributed by atoms with Gasteiger partial charge in [0.1, 0.15) is 11.2 Å². The van der Waals surface area contributed by atoms with E-state index in [9.17, 15) is 0 Å². The van der Waals surface area contributed by atoms with Crippen LogP contribution in [0.2, 0.25) is 0 Å². The minimum atomic E-state index is 0.936. The van der Waals surface area contributed by atoms with Gasteiger partial charge in [0.05, 0.1) is 0 Å². The Bertz CT molecular complexity index is 966. The summed E-state index contributed by atoms with van der Waals surface area (Å²) >= 11 is 0. The Morgan fingerprint density at radius 1 is 0.857 bits per heavy atom. The van der Waals surface area contributed by atoms with Gasteiger partial charge < -0.3 is 4.42 Å². The van der Waals surface area contributed by atoms with Crippen molar-refractivity contribution in [2.75, 3.05) is 0 Å². The number of pyridine rings is 1. The SMILES string of the molecule is Cc1ccc2oc3ccc(-c4ccncc4C)cc3c2c1. The molecule has 0 aliphatic heterocycles. The van der Waals surface area contributed by atoms with Gasteiger partial charge in [-0.05, 0) is 60.9 Å². The topological polar surface area (TPSA) is 26.0 Å². The first kappa shape index (κ1) is 12.2. The van der Waals surface area contributed by atoms with E-state index in [4.69, 9.17) is 4.42 Å². The van der Waals surface area contributed by atoms with Crippen molar-refractivity contribution in [1.82, 2.24) is 4.98 Å². The van der Waals surface area contributed by atoms with Crippen LogP contribution in [0, 0.1) is 13.8 Å². The normalized spacial score (nSPS) is 11.3. The highest BCUT2D eigenvalue weighted by molar-refractivity contribution is 6.06. The molecule has 2 aromatic carbocycles. The highest BCUT2D eigenvalue weighted by Crippen LogP contribution is 2.33. The Balaban J connectivity index is 2.03. The van der Waals surface area contributed by atoms with Crippen LogP contribution in [0.25, 0.3) is 33.1 Å². The predicted octanol–water partition coefficient (Wildman–Crippen LogP) is 5.26. The molecule has 0 atom stereocenters. The lowest BCUT2D eigenvalue weighted by Gasteiger charge is -2.05. The van der Waals surface area contributed by atoms with Crippen LogP contribution in [0.15, 0.2) is 59.3 Å². The molecule has 4 rings (SSSR count). The van der Waals surface area contributed by atoms with Gasteiger partial charge in [-0.2, -0.15) is 0 Å². The zero-order valence-electron chi connectivity index (χ0n) is 12.1. The summed E-state index contributed by atoms with van der Waals surface area (Å²) in [6.07, 6.45) is 3.74. The van der Waals surface area contributed by atoms with Gasteiger partial charge >= 0.3 is 0 Å². The van der Waals surface area contributed by atoms with Crippen LogP contribution < -0.4 is 0 Å². The summed E-state index contributed by atoms with van der Waals surface area (Å²) in [5.74, 6) is 0. The van der Waals surface area contributed by atoms with Crippen LogP contribution in [-0.2, 0) is 0 Å². The maximum absolute atomic E-state index is 5.92. The number of furan rings is 1. The van der Waals surface area contributed by atoms with Crippen molar-refractivity contribution in [1.29, 1.82) is 0 Å². The molecule has 0 radical (unpaired) electrons. The van der Waals surface area contributed by atoms with Crippen molar-refractivity contribution in [3.8, 4) is 11.1 Å². The van der Waals surface area contributed by atoms with Crippen LogP contribution in [-0.4, -0.2) is 4.98 Å². The first-order chi connectivity index (χ1) is 10.2. The lowest BCUT2D eigenvalue weighted by Crippen LogP contribution is -1.84. The second-order valence-corrected chi connectivity index (χ2v) is 5.50. The first-order valence-corrected chi connectivity index (χ1v) is 7.06. The number of hydrogen-bond donors (Lipinski definition) is 0. The van der Waals surface area contributed by atoms with Gasteiger partial charge in [0.25, 0.3) is 0 Å². The molecule has 0 bridgehead atoms. The first-order valence-electron chi connectivity index (χ1n) is 7.06. The van der Waals surface area contributed by atoms with Crippen LogP contribution >= 0.6 is 0 Å². The fourth-order valence-corrected chi connectivity index (χ4v) is 2.86. The quantitative estimate of drug-likeness (QED) is 0.472. The zero-order valence-corrected chi connectivity index (χ0v) is 12.1. The molecule has 0 saturated carbocycles. The van der Waals surface area contributed by atoms with E-state index in [1.54, 1.807) is 0 Å². The second-order valence-electron chi connectivity index (χ2n) is 5.50. The van der Waals surface area contributed by atoms with E-state index in [0.29, 0.717) is 0 Å². The molecule has 2 heterocycles. The third kappa shape index (κ3) is 1.91. The number of rotatable bonds is 1. The summed E-state index contributed by atoms with van der Waals surface area (Å²) in [5, 5.41) is 2.35. The molecule has 2 nitrogen and oxygen atoms in total. The van der Waals surface area contributed by atoms with Crippen molar-refractivity contribution in [3.05, 3.63) is 66.0 Å². The van der Waals surface area contributed by atoms with Crippen molar-refractivity contribution in [2.45, 2.75) is 13.8 Å². The number of fused-ring (bicyclic) bond motifs is 3. The van der Waals surface area contributed by atoms with Crippen molar-refractivity contribution in [2.24, 2.45) is 0 Å². The highest BCUT2D eigenvalue weighted by atomic mass is 16.3. The van der Waals surface area contributed by atoms with E-state index < -0.39 is 0 Å². The molecule has 0 aliphatic carbocycles. The summed E-state index contributed by atoms with van der Waals surface area (Å²) in [7, 11) is 0. The summed E-state index contributed by atoms with van der Waals surface area (Å²) in [6, 6.07) is 14.7. The molecule has 0 amide bonds. The molecule has 2 aromatic heterocycles. The van der Waals surface area contributed by atoms with Crippen LogP contribution in [0.1, 0.15) is 11.1 Å². The van der Waals surface area contributed by atoms with E-state index in [1.807, 2.05) is 18.5 Å². The lowest BCUT2D eigenvalue weighted by molar-refractivity contribution is 0.669. The third-order valence-electron chi connectivity index (χ3n) is 3.96. The maximum Gasteiger partial charge on any atom is 0.135 e. The van der Waals surface area contributed by atoms with E-state index in [0.717, 1.165) is 11.2 Å². The molecule has 0 aliphatic rings. The predicted molar refractivity (Wildman–Crippen MR) is 86.4 cm³/mol. The molecule has 4 aromatic rings. The van der Waals surface area contributed by atoms with Crippen LogP contribution in [0.5, 0.6) is 0 Å². The summed E-state index contributed by atoms with van der Waals surface area (Å²) in [5.41, 5.74) is 6.72. The fourth-order valence-electron chi connectivity index (χ4n) is 2.86.